The maximum absolute atomic E-state index is 12.9. The molecule has 2 heterocycles. The van der Waals surface area contributed by atoms with Crippen molar-refractivity contribution in [1.29, 1.82) is 0 Å². The van der Waals surface area contributed by atoms with E-state index >= 15 is 0 Å². The number of hydrogen-bond donors (Lipinski definition) is 0. The second-order valence-corrected chi connectivity index (χ2v) is 8.43. The monoisotopic (exact) mass is 415 g/mol. The third kappa shape index (κ3) is 4.12. The molecule has 1 aliphatic heterocycles. The van der Waals surface area contributed by atoms with E-state index in [1.54, 1.807) is 4.90 Å². The number of benzene rings is 1. The van der Waals surface area contributed by atoms with Crippen LogP contribution in [0.4, 0.5) is 20.2 Å². The molecule has 28 heavy (non-hydrogen) atoms. The largest absolute Gasteiger partial charge is 0.363 e. The van der Waals surface area contributed by atoms with Gasteiger partial charge in [0.15, 0.2) is 9.84 Å². The number of nitrogens with zero attached hydrogens (tertiary/aromatic N) is 5. The minimum atomic E-state index is -3.76. The molecule has 0 unspecified atom stereocenters. The third-order valence-corrected chi connectivity index (χ3v) is 5.73. The first kappa shape index (κ1) is 20.1. The highest BCUT2D eigenvalue weighted by Gasteiger charge is 2.30. The number of para-hydroxylation sites is 1. The zero-order valence-electron chi connectivity index (χ0n) is 15.0. The second kappa shape index (κ2) is 7.80. The maximum Gasteiger partial charge on any atom is 0.319 e. The topological polar surface area (TPSA) is 102 Å². The van der Waals surface area contributed by atoms with Gasteiger partial charge in [0, 0.05) is 44.8 Å². The molecule has 1 aliphatic rings. The van der Waals surface area contributed by atoms with Crippen molar-refractivity contribution in [2.45, 2.75) is 18.0 Å². The van der Waals surface area contributed by atoms with Crippen molar-refractivity contribution in [3.05, 3.63) is 46.5 Å². The predicted molar refractivity (Wildman–Crippen MR) is 97.2 cm³/mol. The van der Waals surface area contributed by atoms with Gasteiger partial charge in [-0.3, -0.25) is 19.6 Å². The van der Waals surface area contributed by atoms with Crippen molar-refractivity contribution >= 4 is 21.2 Å². The number of alkyl halides is 2. The Morgan fingerprint density at radius 1 is 1.25 bits per heavy atom. The van der Waals surface area contributed by atoms with Gasteiger partial charge in [0.1, 0.15) is 16.4 Å². The molecule has 0 spiro atoms. The molecular formula is C16H19F2N5O4S. The van der Waals surface area contributed by atoms with Crippen LogP contribution in [0, 0.1) is 10.1 Å². The first-order chi connectivity index (χ1) is 13.2. The van der Waals surface area contributed by atoms with Crippen LogP contribution in [0.15, 0.2) is 35.5 Å². The maximum atomic E-state index is 12.9. The molecular weight excluding hydrogens is 396 g/mol. The van der Waals surface area contributed by atoms with Crippen LogP contribution in [0.2, 0.25) is 0 Å². The zero-order valence-corrected chi connectivity index (χ0v) is 15.8. The summed E-state index contributed by atoms with van der Waals surface area (Å²) in [6.45, 7) is -0.712. The number of aromatic nitrogens is 2. The van der Waals surface area contributed by atoms with E-state index < -0.39 is 27.0 Å². The van der Waals surface area contributed by atoms with E-state index in [4.69, 9.17) is 0 Å². The van der Waals surface area contributed by atoms with Crippen molar-refractivity contribution in [3.63, 3.8) is 0 Å². The van der Waals surface area contributed by atoms with Crippen LogP contribution in [0.5, 0.6) is 0 Å². The molecule has 9 nitrogen and oxygen atoms in total. The number of nitro benzene ring substituents is 1. The van der Waals surface area contributed by atoms with Crippen molar-refractivity contribution in [3.8, 4) is 0 Å². The van der Waals surface area contributed by atoms with Crippen LogP contribution in [0.3, 0.4) is 0 Å². The van der Waals surface area contributed by atoms with Crippen LogP contribution in [-0.2, 0) is 16.4 Å². The van der Waals surface area contributed by atoms with E-state index in [0.717, 1.165) is 10.8 Å². The SMILES string of the molecule is CS(=O)(=O)c1cccc(N2CCN(Cc3nccn3C(F)F)CC2)c1[N+](=O)[O-]. The number of nitro groups is 1. The van der Waals surface area contributed by atoms with E-state index in [2.05, 4.69) is 4.98 Å². The Morgan fingerprint density at radius 3 is 2.50 bits per heavy atom. The van der Waals surface area contributed by atoms with Crippen molar-refractivity contribution in [1.82, 2.24) is 14.5 Å². The molecule has 0 amide bonds. The Hall–Kier alpha value is -2.60. The van der Waals surface area contributed by atoms with Gasteiger partial charge in [0.05, 0.1) is 11.5 Å². The van der Waals surface area contributed by atoms with Gasteiger partial charge in [-0.1, -0.05) is 6.07 Å². The number of halogens is 2. The Bertz CT molecular complexity index is 971. The molecule has 2 aromatic rings. The molecule has 12 heteroatoms. The minimum absolute atomic E-state index is 0.233. The zero-order chi connectivity index (χ0) is 20.5. The number of hydrogen-bond acceptors (Lipinski definition) is 7. The van der Waals surface area contributed by atoms with Gasteiger partial charge >= 0.3 is 12.2 Å². The summed E-state index contributed by atoms with van der Waals surface area (Å²) in [5, 5.41) is 11.5. The Balaban J connectivity index is 1.77. The van der Waals surface area contributed by atoms with Gasteiger partial charge in [-0.25, -0.2) is 13.4 Å². The van der Waals surface area contributed by atoms with Crippen LogP contribution in [-0.4, -0.2) is 60.2 Å². The summed E-state index contributed by atoms with van der Waals surface area (Å²) in [6, 6.07) is 4.22. The number of rotatable bonds is 6. The van der Waals surface area contributed by atoms with Crippen molar-refractivity contribution in [2.75, 3.05) is 37.3 Å². The Labute approximate surface area is 160 Å². The van der Waals surface area contributed by atoms with Gasteiger partial charge in [0.25, 0.3) is 0 Å². The summed E-state index contributed by atoms with van der Waals surface area (Å²) in [4.78, 5) is 18.1. The highest BCUT2D eigenvalue weighted by Crippen LogP contribution is 2.35. The van der Waals surface area contributed by atoms with Gasteiger partial charge in [-0.2, -0.15) is 8.78 Å². The summed E-state index contributed by atoms with van der Waals surface area (Å²) < 4.78 is 50.5. The fourth-order valence-electron chi connectivity index (χ4n) is 3.24. The molecule has 0 radical (unpaired) electrons. The van der Waals surface area contributed by atoms with E-state index in [0.29, 0.717) is 26.2 Å². The first-order valence-corrected chi connectivity index (χ1v) is 10.3. The highest BCUT2D eigenvalue weighted by atomic mass is 32.2. The van der Waals surface area contributed by atoms with Gasteiger partial charge in [-0.05, 0) is 12.1 Å². The molecule has 0 atom stereocenters. The molecule has 1 saturated heterocycles. The van der Waals surface area contributed by atoms with Gasteiger partial charge in [-0.15, -0.1) is 0 Å². The molecule has 1 aromatic carbocycles. The van der Waals surface area contributed by atoms with Gasteiger partial charge < -0.3 is 4.90 Å². The fraction of sp³-hybridized carbons (Fsp3) is 0.438. The molecule has 152 valence electrons. The third-order valence-electron chi connectivity index (χ3n) is 4.60. The van der Waals surface area contributed by atoms with Crippen LogP contribution in [0.1, 0.15) is 12.4 Å². The molecule has 0 aliphatic carbocycles. The Kier molecular flexibility index (Phi) is 5.61. The number of imidazole rings is 1. The van der Waals surface area contributed by atoms with Crippen molar-refractivity contribution in [2.24, 2.45) is 0 Å². The summed E-state index contributed by atoms with van der Waals surface area (Å²) in [6.07, 6.45) is 3.47. The smallest absolute Gasteiger partial charge is 0.319 e. The van der Waals surface area contributed by atoms with Crippen LogP contribution in [0.25, 0.3) is 0 Å². The molecule has 3 rings (SSSR count). The molecule has 1 fully saturated rings. The van der Waals surface area contributed by atoms with Crippen molar-refractivity contribution < 1.29 is 22.1 Å². The second-order valence-electron chi connectivity index (χ2n) is 6.44. The highest BCUT2D eigenvalue weighted by molar-refractivity contribution is 7.90. The molecule has 0 N–H and O–H groups in total. The molecule has 0 saturated carbocycles. The Morgan fingerprint density at radius 2 is 1.93 bits per heavy atom. The lowest BCUT2D eigenvalue weighted by Crippen LogP contribution is -2.46. The standard InChI is InChI=1S/C16H19F2N5O4S/c1-28(26,27)13-4-2-3-12(15(13)23(24)25)21-9-7-20(8-10-21)11-14-19-5-6-22(14)16(17)18/h2-6,16H,7-11H2,1H3. The predicted octanol–water partition coefficient (Wildman–Crippen LogP) is 1.91. The summed E-state index contributed by atoms with van der Waals surface area (Å²) >= 11 is 0. The minimum Gasteiger partial charge on any atom is -0.363 e. The average molecular weight is 415 g/mol. The fourth-order valence-corrected chi connectivity index (χ4v) is 4.10. The summed E-state index contributed by atoms with van der Waals surface area (Å²) in [5.41, 5.74) is -0.201. The number of anilines is 1. The summed E-state index contributed by atoms with van der Waals surface area (Å²) in [7, 11) is -3.76. The number of sulfone groups is 1. The van der Waals surface area contributed by atoms with E-state index in [-0.39, 0.29) is 23.0 Å². The lowest BCUT2D eigenvalue weighted by Gasteiger charge is -2.35. The van der Waals surface area contributed by atoms with Crippen LogP contribution < -0.4 is 4.90 Å². The lowest BCUT2D eigenvalue weighted by molar-refractivity contribution is -0.387. The quantitative estimate of drug-likeness (QED) is 0.525. The van der Waals surface area contributed by atoms with Gasteiger partial charge in [0.2, 0.25) is 0 Å². The summed E-state index contributed by atoms with van der Waals surface area (Å²) in [5.74, 6) is 0.244. The van der Waals surface area contributed by atoms with E-state index in [9.17, 15) is 27.3 Å². The normalized spacial score (nSPS) is 15.9. The average Bonchev–Trinajstić information content (AvgIpc) is 3.09. The lowest BCUT2D eigenvalue weighted by atomic mass is 10.2. The first-order valence-electron chi connectivity index (χ1n) is 8.43. The molecule has 0 bridgehead atoms. The van der Waals surface area contributed by atoms with E-state index in [1.165, 1.54) is 30.6 Å². The van der Waals surface area contributed by atoms with E-state index in [1.807, 2.05) is 4.90 Å². The number of piperazine rings is 1. The van der Waals surface area contributed by atoms with Crippen LogP contribution >= 0.6 is 0 Å². The molecule has 1 aromatic heterocycles.